The number of carboxylic acid groups (broad SMARTS) is 1. The van der Waals surface area contributed by atoms with Crippen molar-refractivity contribution in [1.82, 2.24) is 0 Å². The minimum atomic E-state index is -1.03. The van der Waals surface area contributed by atoms with E-state index >= 15 is 0 Å². The molecule has 0 aromatic heterocycles. The highest BCUT2D eigenvalue weighted by molar-refractivity contribution is 5.74. The molecule has 0 aliphatic heterocycles. The smallest absolute Gasteiger partial charge is 0.337 e. The molecule has 17 heavy (non-hydrogen) atoms. The summed E-state index contributed by atoms with van der Waals surface area (Å²) in [5, 5.41) is 17.5. The van der Waals surface area contributed by atoms with E-state index in [-0.39, 0.29) is 26.4 Å². The maximum absolute atomic E-state index is 11.0. The number of hydrogen-bond donors (Lipinski definition) is 2. The summed E-state index contributed by atoms with van der Waals surface area (Å²) in [7, 11) is 0. The molecule has 0 spiro atoms. The van der Waals surface area contributed by atoms with Crippen molar-refractivity contribution < 1.29 is 24.5 Å². The van der Waals surface area contributed by atoms with Crippen LogP contribution in [0.3, 0.4) is 0 Å². The first-order valence-corrected chi connectivity index (χ1v) is 5.33. The largest absolute Gasteiger partial charge is 0.479 e. The number of rotatable bonds is 8. The average molecular weight is 240 g/mol. The monoisotopic (exact) mass is 240 g/mol. The van der Waals surface area contributed by atoms with E-state index in [0.717, 1.165) is 0 Å². The predicted molar refractivity (Wildman–Crippen MR) is 60.7 cm³/mol. The van der Waals surface area contributed by atoms with E-state index in [1.54, 1.807) is 24.3 Å². The van der Waals surface area contributed by atoms with Gasteiger partial charge in [0.1, 0.15) is 0 Å². The van der Waals surface area contributed by atoms with Gasteiger partial charge >= 0.3 is 5.97 Å². The first-order valence-electron chi connectivity index (χ1n) is 5.33. The second-order valence-corrected chi connectivity index (χ2v) is 3.34. The molecule has 0 aliphatic carbocycles. The second-order valence-electron chi connectivity index (χ2n) is 3.34. The molecule has 0 radical (unpaired) electrons. The standard InChI is InChI=1S/C12H16O5/c13-6-7-16-8-9-17-11(12(14)15)10-4-2-1-3-5-10/h1-5,11,13H,6-9H2,(H,14,15). The third kappa shape index (κ3) is 4.95. The van der Waals surface area contributed by atoms with Gasteiger partial charge in [-0.15, -0.1) is 0 Å². The second kappa shape index (κ2) is 7.78. The average Bonchev–Trinajstić information content (AvgIpc) is 2.34. The van der Waals surface area contributed by atoms with Gasteiger partial charge in [-0.3, -0.25) is 0 Å². The van der Waals surface area contributed by atoms with Gasteiger partial charge in [-0.25, -0.2) is 4.79 Å². The van der Waals surface area contributed by atoms with E-state index in [1.807, 2.05) is 6.07 Å². The molecule has 0 saturated carbocycles. The van der Waals surface area contributed by atoms with Gasteiger partial charge in [-0.2, -0.15) is 0 Å². The lowest BCUT2D eigenvalue weighted by molar-refractivity contribution is -0.152. The van der Waals surface area contributed by atoms with Crippen molar-refractivity contribution in [3.63, 3.8) is 0 Å². The molecule has 0 amide bonds. The molecular formula is C12H16O5. The molecule has 0 aliphatic rings. The van der Waals surface area contributed by atoms with Gasteiger partial charge in [0.2, 0.25) is 0 Å². The third-order valence-electron chi connectivity index (χ3n) is 2.07. The quantitative estimate of drug-likeness (QED) is 0.658. The molecule has 94 valence electrons. The Morgan fingerprint density at radius 1 is 1.18 bits per heavy atom. The predicted octanol–water partition coefficient (Wildman–Crippen LogP) is 0.838. The Morgan fingerprint density at radius 2 is 1.88 bits per heavy atom. The lowest BCUT2D eigenvalue weighted by atomic mass is 10.1. The number of ether oxygens (including phenoxy) is 2. The summed E-state index contributed by atoms with van der Waals surface area (Å²) in [6.07, 6.45) is -0.978. The zero-order valence-corrected chi connectivity index (χ0v) is 9.41. The Kier molecular flexibility index (Phi) is 6.24. The van der Waals surface area contributed by atoms with Gasteiger partial charge in [0.25, 0.3) is 0 Å². The maximum Gasteiger partial charge on any atom is 0.337 e. The van der Waals surface area contributed by atoms with Crippen LogP contribution in [-0.4, -0.2) is 42.6 Å². The van der Waals surface area contributed by atoms with Gasteiger partial charge in [-0.1, -0.05) is 30.3 Å². The van der Waals surface area contributed by atoms with Crippen molar-refractivity contribution in [1.29, 1.82) is 0 Å². The SMILES string of the molecule is O=C(O)C(OCCOCCO)c1ccccc1. The van der Waals surface area contributed by atoms with Crippen LogP contribution >= 0.6 is 0 Å². The molecule has 1 aromatic rings. The van der Waals surface area contributed by atoms with Gasteiger partial charge in [0.15, 0.2) is 6.10 Å². The number of carbonyl (C=O) groups is 1. The summed E-state index contributed by atoms with van der Waals surface area (Å²) in [6, 6.07) is 8.74. The van der Waals surface area contributed by atoms with E-state index in [1.165, 1.54) is 0 Å². The van der Waals surface area contributed by atoms with Gasteiger partial charge < -0.3 is 19.7 Å². The molecule has 5 nitrogen and oxygen atoms in total. The molecule has 1 rings (SSSR count). The third-order valence-corrected chi connectivity index (χ3v) is 2.07. The van der Waals surface area contributed by atoms with E-state index in [0.29, 0.717) is 5.56 Å². The van der Waals surface area contributed by atoms with Crippen molar-refractivity contribution >= 4 is 5.97 Å². The van der Waals surface area contributed by atoms with Crippen LogP contribution in [0.4, 0.5) is 0 Å². The molecular weight excluding hydrogens is 224 g/mol. The molecule has 0 bridgehead atoms. The molecule has 1 atom stereocenters. The Labute approximate surface area is 99.6 Å². The van der Waals surface area contributed by atoms with Gasteiger partial charge in [-0.05, 0) is 5.56 Å². The van der Waals surface area contributed by atoms with Gasteiger partial charge in [0.05, 0.1) is 26.4 Å². The highest BCUT2D eigenvalue weighted by atomic mass is 16.5. The summed E-state index contributed by atoms with van der Waals surface area (Å²) in [5.74, 6) is -1.03. The maximum atomic E-state index is 11.0. The van der Waals surface area contributed by atoms with Crippen molar-refractivity contribution in [3.8, 4) is 0 Å². The minimum absolute atomic E-state index is 0.0545. The summed E-state index contributed by atoms with van der Waals surface area (Å²) in [6.45, 7) is 0.608. The molecule has 0 heterocycles. The topological polar surface area (TPSA) is 76.0 Å². The summed E-state index contributed by atoms with van der Waals surface area (Å²) < 4.78 is 10.2. The normalized spacial score (nSPS) is 12.3. The van der Waals surface area contributed by atoms with Crippen molar-refractivity contribution in [3.05, 3.63) is 35.9 Å². The summed E-state index contributed by atoms with van der Waals surface area (Å²) in [4.78, 5) is 11.0. The van der Waals surface area contributed by atoms with Crippen LogP contribution in [0.1, 0.15) is 11.7 Å². The minimum Gasteiger partial charge on any atom is -0.479 e. The van der Waals surface area contributed by atoms with Crippen LogP contribution in [0.2, 0.25) is 0 Å². The van der Waals surface area contributed by atoms with E-state index in [2.05, 4.69) is 0 Å². The fourth-order valence-corrected chi connectivity index (χ4v) is 1.33. The van der Waals surface area contributed by atoms with E-state index < -0.39 is 12.1 Å². The lowest BCUT2D eigenvalue weighted by Gasteiger charge is -2.13. The first-order chi connectivity index (χ1) is 8.25. The summed E-state index contributed by atoms with van der Waals surface area (Å²) >= 11 is 0. The van der Waals surface area contributed by atoms with Crippen LogP contribution in [0.15, 0.2) is 30.3 Å². The highest BCUT2D eigenvalue weighted by Gasteiger charge is 2.19. The zero-order valence-electron chi connectivity index (χ0n) is 9.41. The Hall–Kier alpha value is -1.43. The van der Waals surface area contributed by atoms with E-state index in [9.17, 15) is 4.79 Å². The van der Waals surface area contributed by atoms with Crippen LogP contribution in [0.25, 0.3) is 0 Å². The van der Waals surface area contributed by atoms with Crippen molar-refractivity contribution in [2.45, 2.75) is 6.10 Å². The van der Waals surface area contributed by atoms with E-state index in [4.69, 9.17) is 19.7 Å². The van der Waals surface area contributed by atoms with Crippen LogP contribution in [0, 0.1) is 0 Å². The Balaban J connectivity index is 2.42. The van der Waals surface area contributed by atoms with Gasteiger partial charge in [0, 0.05) is 0 Å². The Bertz CT molecular complexity index is 325. The summed E-state index contributed by atoms with van der Waals surface area (Å²) in [5.41, 5.74) is 0.599. The number of benzene rings is 1. The number of hydrogen-bond acceptors (Lipinski definition) is 4. The molecule has 2 N–H and O–H groups in total. The molecule has 0 saturated heterocycles. The molecule has 1 aromatic carbocycles. The van der Waals surface area contributed by atoms with Crippen LogP contribution < -0.4 is 0 Å². The lowest BCUT2D eigenvalue weighted by Crippen LogP contribution is -2.18. The fraction of sp³-hybridized carbons (Fsp3) is 0.417. The number of aliphatic hydroxyl groups excluding tert-OH is 1. The molecule has 5 heteroatoms. The molecule has 1 unspecified atom stereocenters. The number of carboxylic acids is 1. The van der Waals surface area contributed by atoms with Crippen LogP contribution in [0.5, 0.6) is 0 Å². The fourth-order valence-electron chi connectivity index (χ4n) is 1.33. The number of aliphatic hydroxyl groups is 1. The molecule has 0 fully saturated rings. The Morgan fingerprint density at radius 3 is 2.47 bits per heavy atom. The number of aliphatic carboxylic acids is 1. The van der Waals surface area contributed by atoms with Crippen molar-refractivity contribution in [2.24, 2.45) is 0 Å². The van der Waals surface area contributed by atoms with Crippen molar-refractivity contribution in [2.75, 3.05) is 26.4 Å². The van der Waals surface area contributed by atoms with Crippen LogP contribution in [-0.2, 0) is 14.3 Å². The first kappa shape index (κ1) is 13.6. The highest BCUT2D eigenvalue weighted by Crippen LogP contribution is 2.16. The zero-order chi connectivity index (χ0) is 12.5.